The lowest BCUT2D eigenvalue weighted by atomic mass is 10.1. The van der Waals surface area contributed by atoms with Crippen molar-refractivity contribution >= 4 is 11.6 Å². The van der Waals surface area contributed by atoms with Crippen LogP contribution in [0.4, 0.5) is 0 Å². The van der Waals surface area contributed by atoms with Crippen molar-refractivity contribution in [1.82, 2.24) is 4.98 Å². The van der Waals surface area contributed by atoms with Gasteiger partial charge in [0.1, 0.15) is 10.9 Å². The highest BCUT2D eigenvalue weighted by Gasteiger charge is 2.09. The van der Waals surface area contributed by atoms with Gasteiger partial charge in [-0.25, -0.2) is 0 Å². The van der Waals surface area contributed by atoms with Gasteiger partial charge < -0.3 is 9.72 Å². The molecule has 0 radical (unpaired) electrons. The van der Waals surface area contributed by atoms with Gasteiger partial charge in [0.25, 0.3) is 0 Å². The maximum absolute atomic E-state index is 5.91. The van der Waals surface area contributed by atoms with Gasteiger partial charge in [-0.05, 0) is 30.7 Å². The molecule has 0 aliphatic heterocycles. The van der Waals surface area contributed by atoms with Gasteiger partial charge in [-0.3, -0.25) is 0 Å². The van der Waals surface area contributed by atoms with Crippen molar-refractivity contribution in [2.24, 2.45) is 0 Å². The van der Waals surface area contributed by atoms with E-state index < -0.39 is 0 Å². The van der Waals surface area contributed by atoms with Gasteiger partial charge >= 0.3 is 0 Å². The highest BCUT2D eigenvalue weighted by Crippen LogP contribution is 2.32. The third-order valence-electron chi connectivity index (χ3n) is 2.36. The number of aromatic amines is 1. The number of methoxy groups -OCH3 is 1. The molecule has 0 unspecified atom stereocenters. The van der Waals surface area contributed by atoms with E-state index >= 15 is 0 Å². The van der Waals surface area contributed by atoms with Crippen LogP contribution in [0.15, 0.2) is 30.3 Å². The molecule has 15 heavy (non-hydrogen) atoms. The fourth-order valence-electron chi connectivity index (χ4n) is 1.65. The van der Waals surface area contributed by atoms with Crippen LogP contribution in [0.25, 0.3) is 11.3 Å². The van der Waals surface area contributed by atoms with Crippen molar-refractivity contribution in [3.63, 3.8) is 0 Å². The summed E-state index contributed by atoms with van der Waals surface area (Å²) in [5.41, 5.74) is 3.16. The van der Waals surface area contributed by atoms with Gasteiger partial charge in [-0.15, -0.1) is 0 Å². The summed E-state index contributed by atoms with van der Waals surface area (Å²) in [4.78, 5) is 3.12. The first-order chi connectivity index (χ1) is 7.22. The molecular formula is C12H12ClNO. The molecule has 0 atom stereocenters. The summed E-state index contributed by atoms with van der Waals surface area (Å²) in [5.74, 6) is 0.846. The molecule has 3 heteroatoms. The Morgan fingerprint density at radius 2 is 2.00 bits per heavy atom. The molecule has 2 rings (SSSR count). The minimum absolute atomic E-state index is 0.647. The Morgan fingerprint density at radius 3 is 2.60 bits per heavy atom. The van der Waals surface area contributed by atoms with Crippen molar-refractivity contribution in [1.29, 1.82) is 0 Å². The number of hydrogen-bond acceptors (Lipinski definition) is 1. The van der Waals surface area contributed by atoms with Crippen LogP contribution in [0.1, 0.15) is 5.56 Å². The SMILES string of the molecule is COc1ccccc1-c1[nH]c(Cl)cc1C. The fraction of sp³-hybridized carbons (Fsp3) is 0.167. The summed E-state index contributed by atoms with van der Waals surface area (Å²) in [7, 11) is 1.67. The molecule has 0 saturated carbocycles. The molecule has 1 heterocycles. The minimum Gasteiger partial charge on any atom is -0.496 e. The van der Waals surface area contributed by atoms with E-state index in [1.165, 1.54) is 0 Å². The first-order valence-corrected chi connectivity index (χ1v) is 5.08. The number of para-hydroxylation sites is 1. The van der Waals surface area contributed by atoms with Crippen molar-refractivity contribution in [3.05, 3.63) is 41.0 Å². The first-order valence-electron chi connectivity index (χ1n) is 4.71. The quantitative estimate of drug-likeness (QED) is 0.823. The van der Waals surface area contributed by atoms with Crippen LogP contribution in [0.5, 0.6) is 5.75 Å². The smallest absolute Gasteiger partial charge is 0.128 e. The zero-order valence-corrected chi connectivity index (χ0v) is 9.43. The maximum Gasteiger partial charge on any atom is 0.128 e. The lowest BCUT2D eigenvalue weighted by Gasteiger charge is -2.07. The highest BCUT2D eigenvalue weighted by atomic mass is 35.5. The second kappa shape index (κ2) is 3.99. The number of hydrogen-bond donors (Lipinski definition) is 1. The second-order valence-electron chi connectivity index (χ2n) is 3.38. The molecule has 1 aromatic heterocycles. The number of ether oxygens (including phenoxy) is 1. The summed E-state index contributed by atoms with van der Waals surface area (Å²) in [5, 5.41) is 0.647. The number of aromatic nitrogens is 1. The minimum atomic E-state index is 0.647. The number of H-pyrrole nitrogens is 1. The van der Waals surface area contributed by atoms with E-state index in [1.54, 1.807) is 7.11 Å². The normalized spacial score (nSPS) is 10.3. The third kappa shape index (κ3) is 1.85. The Balaban J connectivity index is 2.58. The molecule has 0 aliphatic carbocycles. The van der Waals surface area contributed by atoms with Crippen LogP contribution in [0.2, 0.25) is 5.15 Å². The van der Waals surface area contributed by atoms with Gasteiger partial charge in [0.15, 0.2) is 0 Å². The van der Waals surface area contributed by atoms with Crippen LogP contribution in [-0.2, 0) is 0 Å². The van der Waals surface area contributed by atoms with Gasteiger partial charge in [0.2, 0.25) is 0 Å². The Kier molecular flexibility index (Phi) is 2.69. The van der Waals surface area contributed by atoms with Crippen LogP contribution < -0.4 is 4.74 Å². The Hall–Kier alpha value is -1.41. The van der Waals surface area contributed by atoms with Crippen LogP contribution in [0, 0.1) is 6.92 Å². The van der Waals surface area contributed by atoms with E-state index in [4.69, 9.17) is 16.3 Å². The number of nitrogens with one attached hydrogen (secondary N) is 1. The Bertz CT molecular complexity index is 476. The predicted molar refractivity (Wildman–Crippen MR) is 62.5 cm³/mol. The van der Waals surface area contributed by atoms with E-state index in [0.29, 0.717) is 5.15 Å². The topological polar surface area (TPSA) is 25.0 Å². The highest BCUT2D eigenvalue weighted by molar-refractivity contribution is 6.29. The van der Waals surface area contributed by atoms with E-state index in [9.17, 15) is 0 Å². The van der Waals surface area contributed by atoms with E-state index in [0.717, 1.165) is 22.6 Å². The van der Waals surface area contributed by atoms with E-state index in [-0.39, 0.29) is 0 Å². The summed E-state index contributed by atoms with van der Waals surface area (Å²) in [6.07, 6.45) is 0. The Morgan fingerprint density at radius 1 is 1.27 bits per heavy atom. The molecule has 0 bridgehead atoms. The van der Waals surface area contributed by atoms with Gasteiger partial charge in [-0.2, -0.15) is 0 Å². The molecule has 0 spiro atoms. The molecule has 2 nitrogen and oxygen atoms in total. The molecule has 0 fully saturated rings. The molecule has 0 amide bonds. The third-order valence-corrected chi connectivity index (χ3v) is 2.56. The van der Waals surface area contributed by atoms with Crippen LogP contribution >= 0.6 is 11.6 Å². The fourth-order valence-corrected chi connectivity index (χ4v) is 1.91. The number of halogens is 1. The zero-order chi connectivity index (χ0) is 10.8. The zero-order valence-electron chi connectivity index (χ0n) is 8.67. The van der Waals surface area contributed by atoms with Gasteiger partial charge in [0, 0.05) is 5.56 Å². The van der Waals surface area contributed by atoms with Crippen molar-refractivity contribution in [2.45, 2.75) is 6.92 Å². The monoisotopic (exact) mass is 221 g/mol. The van der Waals surface area contributed by atoms with Crippen molar-refractivity contribution < 1.29 is 4.74 Å². The number of benzene rings is 1. The molecule has 2 aromatic rings. The van der Waals surface area contributed by atoms with E-state index in [2.05, 4.69) is 4.98 Å². The average molecular weight is 222 g/mol. The summed E-state index contributed by atoms with van der Waals surface area (Å²) < 4.78 is 5.30. The van der Waals surface area contributed by atoms with Gasteiger partial charge in [-0.1, -0.05) is 23.7 Å². The second-order valence-corrected chi connectivity index (χ2v) is 3.78. The first kappa shape index (κ1) is 10.1. The lowest BCUT2D eigenvalue weighted by molar-refractivity contribution is 0.416. The van der Waals surface area contributed by atoms with Gasteiger partial charge in [0.05, 0.1) is 12.8 Å². The van der Waals surface area contributed by atoms with Crippen molar-refractivity contribution in [2.75, 3.05) is 7.11 Å². The standard InChI is InChI=1S/C12H12ClNO/c1-8-7-11(13)14-12(8)9-5-3-4-6-10(9)15-2/h3-7,14H,1-2H3. The molecular weight excluding hydrogens is 210 g/mol. The molecule has 1 N–H and O–H groups in total. The largest absolute Gasteiger partial charge is 0.496 e. The van der Waals surface area contributed by atoms with E-state index in [1.807, 2.05) is 37.3 Å². The molecule has 1 aromatic carbocycles. The molecule has 78 valence electrons. The average Bonchev–Trinajstić information content (AvgIpc) is 2.57. The molecule has 0 aliphatic rings. The lowest BCUT2D eigenvalue weighted by Crippen LogP contribution is -1.88. The summed E-state index contributed by atoms with van der Waals surface area (Å²) in [6, 6.07) is 9.77. The Labute approximate surface area is 93.8 Å². The van der Waals surface area contributed by atoms with Crippen LogP contribution in [-0.4, -0.2) is 12.1 Å². The number of rotatable bonds is 2. The number of aryl methyl sites for hydroxylation is 1. The predicted octanol–water partition coefficient (Wildman–Crippen LogP) is 3.65. The van der Waals surface area contributed by atoms with Crippen molar-refractivity contribution in [3.8, 4) is 17.0 Å². The summed E-state index contributed by atoms with van der Waals surface area (Å²) in [6.45, 7) is 2.02. The summed E-state index contributed by atoms with van der Waals surface area (Å²) >= 11 is 5.91. The van der Waals surface area contributed by atoms with Crippen LogP contribution in [0.3, 0.4) is 0 Å². The molecule has 0 saturated heterocycles. The maximum atomic E-state index is 5.91.